The Balaban J connectivity index is 1.66. The first-order valence-corrected chi connectivity index (χ1v) is 11.9. The van der Waals surface area contributed by atoms with Crippen molar-refractivity contribution in [1.82, 2.24) is 5.32 Å². The molecule has 0 radical (unpaired) electrons. The molecule has 29 heavy (non-hydrogen) atoms. The van der Waals surface area contributed by atoms with Gasteiger partial charge >= 0.3 is 0 Å². The van der Waals surface area contributed by atoms with E-state index in [4.69, 9.17) is 11.6 Å². The fourth-order valence-corrected chi connectivity index (χ4v) is 5.07. The van der Waals surface area contributed by atoms with Gasteiger partial charge in [-0.25, -0.2) is 4.21 Å². The lowest BCUT2D eigenvalue weighted by Gasteiger charge is -2.17. The van der Waals surface area contributed by atoms with Crippen LogP contribution in [0.2, 0.25) is 5.02 Å². The zero-order chi connectivity index (χ0) is 20.8. The lowest BCUT2D eigenvalue weighted by atomic mass is 10.00. The standard InChI is InChI=1S/C23H31ClN2O2S/c1-16(2)13-20(29(27)28)14-17-3-5-18(6-4-17)15-26-23-21-10-12-25-11-9-19(21)7-8-22(23)24/h3-8,16,20,25-26H,9-15H2,1-2H3,(H,27,28). The third kappa shape index (κ3) is 6.29. The highest BCUT2D eigenvalue weighted by Crippen LogP contribution is 2.31. The molecule has 0 bridgehead atoms. The molecule has 0 aromatic heterocycles. The third-order valence-electron chi connectivity index (χ3n) is 5.46. The van der Waals surface area contributed by atoms with Gasteiger partial charge in [-0.15, -0.1) is 0 Å². The van der Waals surface area contributed by atoms with Gasteiger partial charge < -0.3 is 15.2 Å². The van der Waals surface area contributed by atoms with E-state index >= 15 is 0 Å². The Labute approximate surface area is 181 Å². The van der Waals surface area contributed by atoms with Gasteiger partial charge in [-0.2, -0.15) is 0 Å². The fourth-order valence-electron chi connectivity index (χ4n) is 3.94. The van der Waals surface area contributed by atoms with Crippen LogP contribution in [-0.2, 0) is 36.9 Å². The Morgan fingerprint density at radius 3 is 2.48 bits per heavy atom. The number of hydrogen-bond donors (Lipinski definition) is 3. The summed E-state index contributed by atoms with van der Waals surface area (Å²) >= 11 is 4.70. The number of fused-ring (bicyclic) bond motifs is 1. The average Bonchev–Trinajstić information content (AvgIpc) is 2.93. The summed E-state index contributed by atoms with van der Waals surface area (Å²) in [6.45, 7) is 6.85. The number of benzene rings is 2. The number of halogens is 1. The van der Waals surface area contributed by atoms with Gasteiger partial charge in [0, 0.05) is 6.54 Å². The largest absolute Gasteiger partial charge is 0.380 e. The van der Waals surface area contributed by atoms with E-state index < -0.39 is 11.1 Å². The normalized spacial score (nSPS) is 16.2. The summed E-state index contributed by atoms with van der Waals surface area (Å²) in [5, 5.41) is 7.54. The molecule has 1 heterocycles. The second kappa shape index (κ2) is 10.6. The quantitative estimate of drug-likeness (QED) is 0.521. The smallest absolute Gasteiger partial charge is 0.156 e. The predicted molar refractivity (Wildman–Crippen MR) is 123 cm³/mol. The molecular formula is C23H31ClN2O2S. The zero-order valence-corrected chi connectivity index (χ0v) is 18.8. The highest BCUT2D eigenvalue weighted by atomic mass is 35.5. The van der Waals surface area contributed by atoms with Crippen LogP contribution in [0.4, 0.5) is 5.69 Å². The summed E-state index contributed by atoms with van der Waals surface area (Å²) in [5.74, 6) is 0.403. The molecule has 2 aromatic carbocycles. The van der Waals surface area contributed by atoms with Crippen molar-refractivity contribution in [3.63, 3.8) is 0 Å². The zero-order valence-electron chi connectivity index (χ0n) is 17.2. The lowest BCUT2D eigenvalue weighted by Crippen LogP contribution is -2.20. The SMILES string of the molecule is CC(C)CC(Cc1ccc(CNc2c(Cl)ccc3c2CCNCC3)cc1)S(=O)O. The first-order chi connectivity index (χ1) is 13.9. The van der Waals surface area contributed by atoms with E-state index in [9.17, 15) is 8.76 Å². The Bertz CT molecular complexity index is 840. The molecule has 2 aromatic rings. The minimum Gasteiger partial charge on any atom is -0.380 e. The molecule has 0 saturated heterocycles. The van der Waals surface area contributed by atoms with Gasteiger partial charge in [0.05, 0.1) is 16.0 Å². The summed E-state index contributed by atoms with van der Waals surface area (Å²) < 4.78 is 21.2. The Morgan fingerprint density at radius 2 is 1.79 bits per heavy atom. The summed E-state index contributed by atoms with van der Waals surface area (Å²) in [5.41, 5.74) is 6.00. The molecule has 6 heteroatoms. The van der Waals surface area contributed by atoms with Gasteiger partial charge in [0.1, 0.15) is 0 Å². The molecule has 1 aliphatic rings. The van der Waals surface area contributed by atoms with Gasteiger partial charge in [0.25, 0.3) is 0 Å². The van der Waals surface area contributed by atoms with Crippen LogP contribution >= 0.6 is 11.6 Å². The highest BCUT2D eigenvalue weighted by molar-refractivity contribution is 7.79. The van der Waals surface area contributed by atoms with E-state index in [0.29, 0.717) is 18.9 Å². The molecule has 0 saturated carbocycles. The Morgan fingerprint density at radius 1 is 1.10 bits per heavy atom. The second-order valence-electron chi connectivity index (χ2n) is 8.21. The van der Waals surface area contributed by atoms with Crippen LogP contribution < -0.4 is 10.6 Å². The Hall–Kier alpha value is -1.40. The highest BCUT2D eigenvalue weighted by Gasteiger charge is 2.18. The number of nitrogens with one attached hydrogen (secondary N) is 2. The van der Waals surface area contributed by atoms with Crippen LogP contribution in [0.25, 0.3) is 0 Å². The number of anilines is 1. The molecule has 2 atom stereocenters. The maximum Gasteiger partial charge on any atom is 0.156 e. The van der Waals surface area contributed by atoms with Crippen molar-refractivity contribution >= 4 is 28.4 Å². The monoisotopic (exact) mass is 434 g/mol. The van der Waals surface area contributed by atoms with Crippen molar-refractivity contribution in [2.45, 2.75) is 51.3 Å². The maximum atomic E-state index is 11.6. The second-order valence-corrected chi connectivity index (χ2v) is 9.84. The summed E-state index contributed by atoms with van der Waals surface area (Å²) in [7, 11) is 0. The van der Waals surface area contributed by atoms with Crippen LogP contribution in [0.3, 0.4) is 0 Å². The van der Waals surface area contributed by atoms with Crippen LogP contribution in [0, 0.1) is 5.92 Å². The molecule has 1 aliphatic heterocycles. The van der Waals surface area contributed by atoms with E-state index in [2.05, 4.69) is 54.8 Å². The molecule has 0 spiro atoms. The lowest BCUT2D eigenvalue weighted by molar-refractivity contribution is 0.503. The summed E-state index contributed by atoms with van der Waals surface area (Å²) in [6.07, 6.45) is 3.38. The molecule has 0 amide bonds. The van der Waals surface area contributed by atoms with Crippen molar-refractivity contribution in [3.05, 3.63) is 63.7 Å². The number of rotatable bonds is 8. The van der Waals surface area contributed by atoms with Crippen LogP contribution in [0.15, 0.2) is 36.4 Å². The van der Waals surface area contributed by atoms with E-state index in [1.54, 1.807) is 0 Å². The number of hydrogen-bond acceptors (Lipinski definition) is 3. The fraction of sp³-hybridized carbons (Fsp3) is 0.478. The third-order valence-corrected chi connectivity index (χ3v) is 6.70. The Kier molecular flexibility index (Phi) is 8.13. The van der Waals surface area contributed by atoms with E-state index in [-0.39, 0.29) is 5.25 Å². The van der Waals surface area contributed by atoms with Gasteiger partial charge in [-0.05, 0) is 73.0 Å². The van der Waals surface area contributed by atoms with Crippen molar-refractivity contribution in [1.29, 1.82) is 0 Å². The van der Waals surface area contributed by atoms with E-state index in [1.807, 2.05) is 6.07 Å². The summed E-state index contributed by atoms with van der Waals surface area (Å²) in [4.78, 5) is 0. The molecule has 158 valence electrons. The molecular weight excluding hydrogens is 404 g/mol. The average molecular weight is 435 g/mol. The molecule has 0 aliphatic carbocycles. The van der Waals surface area contributed by atoms with Crippen molar-refractivity contribution in [2.24, 2.45) is 5.92 Å². The van der Waals surface area contributed by atoms with Crippen LogP contribution in [0.1, 0.15) is 42.5 Å². The van der Waals surface area contributed by atoms with Gasteiger partial charge in [-0.1, -0.05) is 55.8 Å². The van der Waals surface area contributed by atoms with Crippen molar-refractivity contribution in [2.75, 3.05) is 18.4 Å². The van der Waals surface area contributed by atoms with Crippen LogP contribution in [-0.4, -0.2) is 27.1 Å². The first kappa shape index (κ1) is 22.3. The van der Waals surface area contributed by atoms with Gasteiger partial charge in [0.2, 0.25) is 0 Å². The topological polar surface area (TPSA) is 61.4 Å². The molecule has 0 fully saturated rings. The van der Waals surface area contributed by atoms with Crippen molar-refractivity contribution in [3.8, 4) is 0 Å². The van der Waals surface area contributed by atoms with Crippen LogP contribution in [0.5, 0.6) is 0 Å². The first-order valence-electron chi connectivity index (χ1n) is 10.4. The van der Waals surface area contributed by atoms with Crippen molar-refractivity contribution < 1.29 is 8.76 Å². The van der Waals surface area contributed by atoms with Gasteiger partial charge in [0.15, 0.2) is 11.1 Å². The molecule has 3 rings (SSSR count). The van der Waals surface area contributed by atoms with E-state index in [1.165, 1.54) is 16.7 Å². The molecule has 2 unspecified atom stereocenters. The van der Waals surface area contributed by atoms with E-state index in [0.717, 1.165) is 48.6 Å². The minimum absolute atomic E-state index is 0.217. The van der Waals surface area contributed by atoms with Gasteiger partial charge in [-0.3, -0.25) is 0 Å². The molecule has 4 nitrogen and oxygen atoms in total. The maximum absolute atomic E-state index is 11.6. The predicted octanol–water partition coefficient (Wildman–Crippen LogP) is 4.82. The molecule has 3 N–H and O–H groups in total. The summed E-state index contributed by atoms with van der Waals surface area (Å²) in [6, 6.07) is 12.4. The minimum atomic E-state index is -1.80.